The van der Waals surface area contributed by atoms with Crippen molar-refractivity contribution in [2.45, 2.75) is 59.0 Å². The van der Waals surface area contributed by atoms with E-state index in [4.69, 9.17) is 0 Å². The molecule has 0 heterocycles. The third kappa shape index (κ3) is 4.77. The maximum atomic E-state index is 13.2. The van der Waals surface area contributed by atoms with Crippen LogP contribution in [0, 0.1) is 11.7 Å². The molecule has 1 N–H and O–H groups in total. The lowest BCUT2D eigenvalue weighted by Crippen LogP contribution is -2.31. The molecule has 0 amide bonds. The second-order valence-electron chi connectivity index (χ2n) is 5.33. The number of hydrogen-bond donors (Lipinski definition) is 1. The molecule has 0 bridgehead atoms. The Kier molecular flexibility index (Phi) is 6.34. The minimum Gasteiger partial charge on any atom is -0.307 e. The number of hydrogen-bond acceptors (Lipinski definition) is 1. The van der Waals surface area contributed by atoms with Crippen molar-refractivity contribution in [3.8, 4) is 0 Å². The van der Waals surface area contributed by atoms with E-state index in [2.05, 4.69) is 33.0 Å². The smallest absolute Gasteiger partial charge is 0.123 e. The summed E-state index contributed by atoms with van der Waals surface area (Å²) in [5.74, 6) is 0.583. The van der Waals surface area contributed by atoms with Gasteiger partial charge in [0.2, 0.25) is 0 Å². The van der Waals surface area contributed by atoms with Crippen molar-refractivity contribution in [2.24, 2.45) is 5.92 Å². The second kappa shape index (κ2) is 7.52. The van der Waals surface area contributed by atoms with Crippen molar-refractivity contribution in [1.82, 2.24) is 5.32 Å². The Balaban J connectivity index is 2.61. The van der Waals surface area contributed by atoms with Crippen molar-refractivity contribution in [1.29, 1.82) is 0 Å². The molecule has 18 heavy (non-hydrogen) atoms. The van der Waals surface area contributed by atoms with E-state index in [0.717, 1.165) is 17.9 Å². The van der Waals surface area contributed by atoms with Gasteiger partial charge in [0.25, 0.3) is 0 Å². The van der Waals surface area contributed by atoms with Crippen LogP contribution >= 0.6 is 0 Å². The van der Waals surface area contributed by atoms with E-state index in [0.29, 0.717) is 6.04 Å². The number of benzene rings is 1. The van der Waals surface area contributed by atoms with Crippen LogP contribution in [0.25, 0.3) is 0 Å². The molecule has 102 valence electrons. The van der Waals surface area contributed by atoms with Crippen molar-refractivity contribution >= 4 is 0 Å². The average molecular weight is 251 g/mol. The highest BCUT2D eigenvalue weighted by Crippen LogP contribution is 2.20. The maximum Gasteiger partial charge on any atom is 0.123 e. The molecule has 2 heteroatoms. The van der Waals surface area contributed by atoms with Crippen LogP contribution in [0.2, 0.25) is 0 Å². The van der Waals surface area contributed by atoms with Crippen LogP contribution in [-0.4, -0.2) is 6.04 Å². The number of rotatable bonds is 7. The first-order valence-electron chi connectivity index (χ1n) is 7.08. The Morgan fingerprint density at radius 3 is 2.44 bits per heavy atom. The summed E-state index contributed by atoms with van der Waals surface area (Å²) in [7, 11) is 0. The summed E-state index contributed by atoms with van der Waals surface area (Å²) in [6.45, 7) is 8.86. The van der Waals surface area contributed by atoms with E-state index in [1.165, 1.54) is 18.9 Å². The van der Waals surface area contributed by atoms with Gasteiger partial charge in [-0.1, -0.05) is 39.3 Å². The molecule has 0 aliphatic heterocycles. The zero-order chi connectivity index (χ0) is 13.5. The summed E-state index contributed by atoms with van der Waals surface area (Å²) in [5.41, 5.74) is 1.05. The van der Waals surface area contributed by atoms with Gasteiger partial charge in [-0.05, 0) is 43.4 Å². The molecule has 1 aromatic carbocycles. The highest BCUT2D eigenvalue weighted by atomic mass is 19.1. The summed E-state index contributed by atoms with van der Waals surface area (Å²) in [4.78, 5) is 0. The molecular weight excluding hydrogens is 225 g/mol. The SMILES string of the molecule is CCC(C)CC(C)NC(CC)c1cccc(F)c1. The number of nitrogens with one attached hydrogen (secondary N) is 1. The lowest BCUT2D eigenvalue weighted by Gasteiger charge is -2.24. The van der Waals surface area contributed by atoms with Gasteiger partial charge in [0.1, 0.15) is 5.82 Å². The molecule has 0 spiro atoms. The first kappa shape index (κ1) is 15.2. The largest absolute Gasteiger partial charge is 0.307 e. The van der Waals surface area contributed by atoms with E-state index >= 15 is 0 Å². The van der Waals surface area contributed by atoms with Crippen LogP contribution in [0.4, 0.5) is 4.39 Å². The van der Waals surface area contributed by atoms with Gasteiger partial charge in [-0.2, -0.15) is 0 Å². The normalized spacial score (nSPS) is 16.3. The lowest BCUT2D eigenvalue weighted by molar-refractivity contribution is 0.370. The lowest BCUT2D eigenvalue weighted by atomic mass is 9.98. The van der Waals surface area contributed by atoms with Crippen molar-refractivity contribution in [2.75, 3.05) is 0 Å². The van der Waals surface area contributed by atoms with E-state index < -0.39 is 0 Å². The van der Waals surface area contributed by atoms with Crippen LogP contribution in [0.3, 0.4) is 0 Å². The Labute approximate surface area is 111 Å². The Bertz CT molecular complexity index is 351. The summed E-state index contributed by atoms with van der Waals surface area (Å²) in [6, 6.07) is 7.64. The molecule has 0 saturated heterocycles. The number of halogens is 1. The predicted octanol–water partition coefficient (Wildman–Crippen LogP) is 4.69. The third-order valence-electron chi connectivity index (χ3n) is 3.60. The summed E-state index contributed by atoms with van der Waals surface area (Å²) >= 11 is 0. The van der Waals surface area contributed by atoms with Gasteiger partial charge >= 0.3 is 0 Å². The molecule has 0 aliphatic rings. The zero-order valence-corrected chi connectivity index (χ0v) is 12.0. The summed E-state index contributed by atoms with van der Waals surface area (Å²) in [5, 5.41) is 3.61. The van der Waals surface area contributed by atoms with Crippen LogP contribution in [0.1, 0.15) is 58.6 Å². The van der Waals surface area contributed by atoms with Gasteiger partial charge in [0.15, 0.2) is 0 Å². The molecule has 1 nitrogen and oxygen atoms in total. The molecule has 0 aliphatic carbocycles. The van der Waals surface area contributed by atoms with Crippen LogP contribution in [0.15, 0.2) is 24.3 Å². The van der Waals surface area contributed by atoms with Crippen LogP contribution < -0.4 is 5.32 Å². The molecule has 3 atom stereocenters. The molecule has 0 aromatic heterocycles. The van der Waals surface area contributed by atoms with Crippen LogP contribution in [-0.2, 0) is 0 Å². The molecular formula is C16H26FN. The van der Waals surface area contributed by atoms with Crippen molar-refractivity contribution < 1.29 is 4.39 Å². The van der Waals surface area contributed by atoms with E-state index in [1.54, 1.807) is 12.1 Å². The van der Waals surface area contributed by atoms with Gasteiger partial charge in [-0.25, -0.2) is 4.39 Å². The average Bonchev–Trinajstić information content (AvgIpc) is 2.35. The Hall–Kier alpha value is -0.890. The van der Waals surface area contributed by atoms with Gasteiger partial charge in [0.05, 0.1) is 0 Å². The molecule has 0 fully saturated rings. The van der Waals surface area contributed by atoms with Gasteiger partial charge < -0.3 is 5.32 Å². The molecule has 0 saturated carbocycles. The quantitative estimate of drug-likeness (QED) is 0.741. The standard InChI is InChI=1S/C16H26FN/c1-5-12(3)10-13(4)18-16(6-2)14-8-7-9-15(17)11-14/h7-9,11-13,16,18H,5-6,10H2,1-4H3. The fourth-order valence-electron chi connectivity index (χ4n) is 2.35. The predicted molar refractivity (Wildman–Crippen MR) is 76.1 cm³/mol. The second-order valence-corrected chi connectivity index (χ2v) is 5.33. The molecule has 0 radical (unpaired) electrons. The Morgan fingerprint density at radius 2 is 1.89 bits per heavy atom. The highest BCUT2D eigenvalue weighted by molar-refractivity contribution is 5.20. The van der Waals surface area contributed by atoms with Crippen molar-refractivity contribution in [3.63, 3.8) is 0 Å². The van der Waals surface area contributed by atoms with Gasteiger partial charge in [-0.15, -0.1) is 0 Å². The minimum atomic E-state index is -0.151. The van der Waals surface area contributed by atoms with E-state index in [9.17, 15) is 4.39 Å². The topological polar surface area (TPSA) is 12.0 Å². The third-order valence-corrected chi connectivity index (χ3v) is 3.60. The van der Waals surface area contributed by atoms with Crippen LogP contribution in [0.5, 0.6) is 0 Å². The fraction of sp³-hybridized carbons (Fsp3) is 0.625. The Morgan fingerprint density at radius 1 is 1.17 bits per heavy atom. The molecule has 3 unspecified atom stereocenters. The van der Waals surface area contributed by atoms with Gasteiger partial charge in [-0.3, -0.25) is 0 Å². The monoisotopic (exact) mass is 251 g/mol. The van der Waals surface area contributed by atoms with E-state index in [1.807, 2.05) is 6.07 Å². The first-order chi connectivity index (χ1) is 8.56. The summed E-state index contributed by atoms with van der Waals surface area (Å²) < 4.78 is 13.2. The fourth-order valence-corrected chi connectivity index (χ4v) is 2.35. The van der Waals surface area contributed by atoms with E-state index in [-0.39, 0.29) is 11.9 Å². The minimum absolute atomic E-state index is 0.151. The van der Waals surface area contributed by atoms with Gasteiger partial charge in [0, 0.05) is 12.1 Å². The summed E-state index contributed by atoms with van der Waals surface area (Å²) in [6.07, 6.45) is 3.36. The molecule has 1 aromatic rings. The maximum absolute atomic E-state index is 13.2. The first-order valence-corrected chi connectivity index (χ1v) is 7.08. The highest BCUT2D eigenvalue weighted by Gasteiger charge is 2.14. The zero-order valence-electron chi connectivity index (χ0n) is 12.0. The molecule has 1 rings (SSSR count). The van der Waals surface area contributed by atoms with Crippen molar-refractivity contribution in [3.05, 3.63) is 35.6 Å².